The summed E-state index contributed by atoms with van der Waals surface area (Å²) in [5, 5.41) is 3.22. The van der Waals surface area contributed by atoms with Crippen molar-refractivity contribution in [2.45, 2.75) is 13.0 Å². The molecule has 3 aromatic carbocycles. The molecular weight excluding hydrogens is 439 g/mol. The van der Waals surface area contributed by atoms with E-state index in [-0.39, 0.29) is 23.4 Å². The van der Waals surface area contributed by atoms with E-state index >= 15 is 0 Å². The molecule has 1 N–H and O–H groups in total. The molecule has 5 rings (SSSR count). The number of nitrogens with zero attached hydrogens (tertiary/aromatic N) is 3. The van der Waals surface area contributed by atoms with Crippen LogP contribution in [0.3, 0.4) is 0 Å². The highest BCUT2D eigenvalue weighted by Crippen LogP contribution is 2.39. The van der Waals surface area contributed by atoms with Gasteiger partial charge in [-0.2, -0.15) is 4.99 Å². The van der Waals surface area contributed by atoms with Crippen LogP contribution in [0.2, 0.25) is 0 Å². The van der Waals surface area contributed by atoms with Crippen LogP contribution in [0.25, 0.3) is 0 Å². The lowest BCUT2D eigenvalue weighted by Crippen LogP contribution is -2.39. The SMILES string of the molecule is Cc1ccc(NC(=O)CSC2=Nc3ccccc3C3=NC(=O)C(c4ccccc4)N23)cc1F. The quantitative estimate of drug-likeness (QED) is 0.607. The zero-order valence-corrected chi connectivity index (χ0v) is 18.5. The minimum absolute atomic E-state index is 0.0377. The molecule has 0 saturated heterocycles. The molecule has 2 heterocycles. The van der Waals surface area contributed by atoms with E-state index in [0.29, 0.717) is 27.9 Å². The van der Waals surface area contributed by atoms with Gasteiger partial charge in [-0.1, -0.05) is 60.3 Å². The van der Waals surface area contributed by atoms with Gasteiger partial charge in [-0.15, -0.1) is 0 Å². The number of hydrogen-bond donors (Lipinski definition) is 1. The number of carbonyl (C=O) groups is 2. The van der Waals surface area contributed by atoms with Crippen molar-refractivity contribution >= 4 is 46.0 Å². The van der Waals surface area contributed by atoms with E-state index in [9.17, 15) is 14.0 Å². The Morgan fingerprint density at radius 1 is 1.06 bits per heavy atom. The van der Waals surface area contributed by atoms with Crippen LogP contribution in [0.4, 0.5) is 15.8 Å². The average Bonchev–Trinajstić information content (AvgIpc) is 3.18. The second-order valence-corrected chi connectivity index (χ2v) is 8.61. The molecule has 6 nitrogen and oxygen atoms in total. The highest BCUT2D eigenvalue weighted by Gasteiger charge is 2.42. The van der Waals surface area contributed by atoms with Crippen LogP contribution in [0, 0.1) is 12.7 Å². The molecule has 0 spiro atoms. The molecule has 1 atom stereocenters. The molecule has 0 saturated carbocycles. The van der Waals surface area contributed by atoms with Crippen molar-refractivity contribution < 1.29 is 14.0 Å². The fourth-order valence-electron chi connectivity index (χ4n) is 3.79. The van der Waals surface area contributed by atoms with Gasteiger partial charge in [0.1, 0.15) is 17.7 Å². The van der Waals surface area contributed by atoms with E-state index in [1.807, 2.05) is 54.6 Å². The van der Waals surface area contributed by atoms with Gasteiger partial charge in [0, 0.05) is 11.3 Å². The van der Waals surface area contributed by atoms with Crippen LogP contribution < -0.4 is 5.32 Å². The Bertz CT molecular complexity index is 1320. The lowest BCUT2D eigenvalue weighted by Gasteiger charge is -2.31. The third kappa shape index (κ3) is 4.05. The smallest absolute Gasteiger partial charge is 0.275 e. The number of anilines is 1. The molecular formula is C25H19FN4O2S. The zero-order valence-electron chi connectivity index (χ0n) is 17.7. The van der Waals surface area contributed by atoms with Crippen molar-refractivity contribution in [2.75, 3.05) is 11.1 Å². The molecule has 0 aromatic heterocycles. The summed E-state index contributed by atoms with van der Waals surface area (Å²) in [5.41, 5.74) is 3.16. The number of nitrogens with one attached hydrogen (secondary N) is 1. The number of thioether (sulfide) groups is 1. The van der Waals surface area contributed by atoms with Gasteiger partial charge in [0.2, 0.25) is 5.91 Å². The third-order valence-corrected chi connectivity index (χ3v) is 6.36. The van der Waals surface area contributed by atoms with Crippen molar-refractivity contribution in [3.8, 4) is 0 Å². The monoisotopic (exact) mass is 458 g/mol. The molecule has 2 aliphatic rings. The fourth-order valence-corrected chi connectivity index (χ4v) is 4.61. The first-order chi connectivity index (χ1) is 16.0. The largest absolute Gasteiger partial charge is 0.325 e. The first kappa shape index (κ1) is 21.1. The van der Waals surface area contributed by atoms with E-state index in [1.165, 1.54) is 17.8 Å². The Hall–Kier alpha value is -3.78. The molecule has 1 unspecified atom stereocenters. The molecule has 0 aliphatic carbocycles. The van der Waals surface area contributed by atoms with Crippen LogP contribution >= 0.6 is 11.8 Å². The van der Waals surface area contributed by atoms with Crippen LogP contribution in [-0.4, -0.2) is 33.5 Å². The zero-order chi connectivity index (χ0) is 22.9. The summed E-state index contributed by atoms with van der Waals surface area (Å²) in [5.74, 6) is -0.389. The molecule has 3 aromatic rings. The summed E-state index contributed by atoms with van der Waals surface area (Å²) >= 11 is 1.21. The maximum Gasteiger partial charge on any atom is 0.275 e. The summed E-state index contributed by atoms with van der Waals surface area (Å²) in [4.78, 5) is 36.4. The van der Waals surface area contributed by atoms with Crippen molar-refractivity contribution in [2.24, 2.45) is 9.98 Å². The lowest BCUT2D eigenvalue weighted by molar-refractivity contribution is -0.119. The van der Waals surface area contributed by atoms with E-state index in [1.54, 1.807) is 24.0 Å². The Kier molecular flexibility index (Phi) is 5.51. The van der Waals surface area contributed by atoms with Gasteiger partial charge < -0.3 is 5.32 Å². The van der Waals surface area contributed by atoms with Crippen molar-refractivity contribution in [3.63, 3.8) is 0 Å². The van der Waals surface area contributed by atoms with Crippen LogP contribution in [0.15, 0.2) is 82.8 Å². The summed E-state index contributed by atoms with van der Waals surface area (Å²) in [7, 11) is 0. The number of fused-ring (bicyclic) bond motifs is 3. The van der Waals surface area contributed by atoms with Gasteiger partial charge in [0.15, 0.2) is 5.17 Å². The number of benzene rings is 3. The summed E-state index contributed by atoms with van der Waals surface area (Å²) in [6.07, 6.45) is 0. The maximum absolute atomic E-state index is 13.8. The number of para-hydroxylation sites is 1. The highest BCUT2D eigenvalue weighted by atomic mass is 32.2. The van der Waals surface area contributed by atoms with Gasteiger partial charge in [-0.25, -0.2) is 9.38 Å². The second-order valence-electron chi connectivity index (χ2n) is 7.67. The molecule has 0 bridgehead atoms. The maximum atomic E-state index is 13.8. The first-order valence-corrected chi connectivity index (χ1v) is 11.3. The predicted molar refractivity (Wildman–Crippen MR) is 128 cm³/mol. The Balaban J connectivity index is 1.42. The van der Waals surface area contributed by atoms with E-state index in [4.69, 9.17) is 4.99 Å². The molecule has 0 radical (unpaired) electrons. The van der Waals surface area contributed by atoms with E-state index in [2.05, 4.69) is 10.3 Å². The normalized spacial score (nSPS) is 16.6. The van der Waals surface area contributed by atoms with Crippen LogP contribution in [0.1, 0.15) is 22.7 Å². The van der Waals surface area contributed by atoms with Gasteiger partial charge in [0.05, 0.1) is 11.4 Å². The summed E-state index contributed by atoms with van der Waals surface area (Å²) in [6.45, 7) is 1.66. The molecule has 164 valence electrons. The summed E-state index contributed by atoms with van der Waals surface area (Å²) < 4.78 is 13.8. The first-order valence-electron chi connectivity index (χ1n) is 10.3. The number of rotatable bonds is 4. The van der Waals surface area contributed by atoms with E-state index < -0.39 is 6.04 Å². The number of amidine groups is 2. The minimum atomic E-state index is -0.643. The standard InChI is InChI=1S/C25H19FN4O2S/c1-15-11-12-17(13-19(15)26)27-21(31)14-33-25-28-20-10-6-5-9-18(20)23-29-24(32)22(30(23)25)16-7-3-2-4-8-16/h2-13,22H,14H2,1H3,(H,27,31). The topological polar surface area (TPSA) is 74.1 Å². The van der Waals surface area contributed by atoms with Gasteiger partial charge >= 0.3 is 0 Å². The number of aryl methyl sites for hydroxylation is 1. The van der Waals surface area contributed by atoms with Gasteiger partial charge in [-0.05, 0) is 42.3 Å². The Labute approximate surface area is 194 Å². The van der Waals surface area contributed by atoms with Gasteiger partial charge in [0.25, 0.3) is 5.91 Å². The third-order valence-electron chi connectivity index (χ3n) is 5.41. The fraction of sp³-hybridized carbons (Fsp3) is 0.120. The van der Waals surface area contributed by atoms with Crippen LogP contribution in [-0.2, 0) is 9.59 Å². The molecule has 2 aliphatic heterocycles. The molecule has 2 amide bonds. The average molecular weight is 459 g/mol. The predicted octanol–water partition coefficient (Wildman–Crippen LogP) is 4.84. The van der Waals surface area contributed by atoms with Crippen LogP contribution in [0.5, 0.6) is 0 Å². The lowest BCUT2D eigenvalue weighted by atomic mass is 10.0. The second kappa shape index (κ2) is 8.63. The molecule has 8 heteroatoms. The minimum Gasteiger partial charge on any atom is -0.325 e. The van der Waals surface area contributed by atoms with Crippen molar-refractivity contribution in [1.82, 2.24) is 4.90 Å². The number of hydrogen-bond acceptors (Lipinski definition) is 5. The number of aliphatic imine (C=N–C) groups is 2. The molecule has 33 heavy (non-hydrogen) atoms. The van der Waals surface area contributed by atoms with Crippen molar-refractivity contribution in [1.29, 1.82) is 0 Å². The van der Waals surface area contributed by atoms with E-state index in [0.717, 1.165) is 11.1 Å². The Morgan fingerprint density at radius 2 is 1.82 bits per heavy atom. The van der Waals surface area contributed by atoms with Gasteiger partial charge in [-0.3, -0.25) is 14.5 Å². The number of carbonyl (C=O) groups excluding carboxylic acids is 2. The van der Waals surface area contributed by atoms with Crippen molar-refractivity contribution in [3.05, 3.63) is 95.3 Å². The number of halogens is 1. The Morgan fingerprint density at radius 3 is 2.61 bits per heavy atom. The summed E-state index contributed by atoms with van der Waals surface area (Å²) in [6, 6.07) is 20.8. The number of amides is 2. The molecule has 0 fully saturated rings. The highest BCUT2D eigenvalue weighted by molar-refractivity contribution is 8.14.